The summed E-state index contributed by atoms with van der Waals surface area (Å²) in [6, 6.07) is 0. The van der Waals surface area contributed by atoms with Crippen LogP contribution in [0, 0.1) is 0 Å². The third-order valence-electron chi connectivity index (χ3n) is 1.25. The van der Waals surface area contributed by atoms with Crippen LogP contribution in [0.2, 0.25) is 0 Å². The van der Waals surface area contributed by atoms with Gasteiger partial charge in [-0.25, -0.2) is 0 Å². The monoisotopic (exact) mass is 176 g/mol. The minimum atomic E-state index is -1.43. The number of hydrogen-bond acceptors (Lipinski definition) is 6. The molecule has 0 aliphatic carbocycles. The van der Waals surface area contributed by atoms with Crippen LogP contribution in [0.25, 0.3) is 0 Å². The topological polar surface area (TPSA) is 117 Å². The Morgan fingerprint density at radius 2 is 1.25 bits per heavy atom. The smallest absolute Gasteiger partial charge is 0.185 e. The fourth-order valence-corrected chi connectivity index (χ4v) is 0.297. The first kappa shape index (κ1) is 11.4. The number of nitrogens with two attached hydrogens (primary N) is 2. The van der Waals surface area contributed by atoms with Crippen LogP contribution in [0.5, 0.6) is 0 Å². The van der Waals surface area contributed by atoms with Crippen LogP contribution in [-0.4, -0.2) is 34.8 Å². The van der Waals surface area contributed by atoms with E-state index in [0.717, 1.165) is 0 Å². The summed E-state index contributed by atoms with van der Waals surface area (Å²) < 4.78 is 0. The first-order chi connectivity index (χ1) is 5.33. The number of azo groups is 1. The van der Waals surface area contributed by atoms with Gasteiger partial charge in [-0.05, 0) is 13.8 Å². The summed E-state index contributed by atoms with van der Waals surface area (Å²) in [6.45, 7) is 2.67. The van der Waals surface area contributed by atoms with E-state index in [1.807, 2.05) is 0 Å². The van der Waals surface area contributed by atoms with Crippen LogP contribution in [0.1, 0.15) is 13.8 Å². The molecule has 2 atom stereocenters. The molecule has 0 aromatic heterocycles. The highest BCUT2D eigenvalue weighted by Crippen LogP contribution is 2.09. The van der Waals surface area contributed by atoms with Crippen molar-refractivity contribution < 1.29 is 10.2 Å². The van der Waals surface area contributed by atoms with Crippen molar-refractivity contribution in [3.8, 4) is 0 Å². The zero-order valence-electron chi connectivity index (χ0n) is 7.36. The second kappa shape index (κ2) is 3.90. The molecule has 0 saturated heterocycles. The molecule has 0 heterocycles. The molecule has 0 spiro atoms. The number of hydrogen-bond donors (Lipinski definition) is 4. The molecular formula is C6H16N4O2. The average molecular weight is 176 g/mol. The summed E-state index contributed by atoms with van der Waals surface area (Å²) in [5, 5.41) is 25.4. The predicted molar refractivity (Wildman–Crippen MR) is 44.2 cm³/mol. The average Bonchev–Trinajstić information content (AvgIpc) is 2.02. The van der Waals surface area contributed by atoms with Crippen LogP contribution in [0.4, 0.5) is 0 Å². The van der Waals surface area contributed by atoms with E-state index in [0.29, 0.717) is 0 Å². The van der Waals surface area contributed by atoms with Gasteiger partial charge in [0.2, 0.25) is 0 Å². The number of rotatable bonds is 4. The molecule has 0 aliphatic heterocycles. The Labute approximate surface area is 71.3 Å². The van der Waals surface area contributed by atoms with Gasteiger partial charge in [0, 0.05) is 13.1 Å². The zero-order chi connectivity index (χ0) is 9.83. The van der Waals surface area contributed by atoms with E-state index in [1.165, 1.54) is 13.8 Å². The van der Waals surface area contributed by atoms with Crippen molar-refractivity contribution in [1.82, 2.24) is 0 Å². The Bertz CT molecular complexity index is 149. The lowest BCUT2D eigenvalue weighted by Crippen LogP contribution is -2.35. The van der Waals surface area contributed by atoms with Gasteiger partial charge in [-0.2, -0.15) is 10.2 Å². The minimum absolute atomic E-state index is 0.0584. The molecule has 0 bridgehead atoms. The normalized spacial score (nSPS) is 22.2. The summed E-state index contributed by atoms with van der Waals surface area (Å²) in [4.78, 5) is 0. The molecule has 2 unspecified atom stereocenters. The SMILES string of the molecule is CC(O)(CN)N=NC(C)(O)CN. The summed E-state index contributed by atoms with van der Waals surface area (Å²) in [5.41, 5.74) is 7.46. The van der Waals surface area contributed by atoms with Crippen molar-refractivity contribution in [3.63, 3.8) is 0 Å². The maximum absolute atomic E-state index is 9.24. The summed E-state index contributed by atoms with van der Waals surface area (Å²) >= 11 is 0. The van der Waals surface area contributed by atoms with E-state index in [1.54, 1.807) is 0 Å². The van der Waals surface area contributed by atoms with E-state index in [-0.39, 0.29) is 13.1 Å². The number of aliphatic hydroxyl groups is 2. The second-order valence-electron chi connectivity index (χ2n) is 3.04. The quantitative estimate of drug-likeness (QED) is 0.401. The molecule has 0 amide bonds. The largest absolute Gasteiger partial charge is 0.367 e. The lowest BCUT2D eigenvalue weighted by atomic mass is 10.3. The van der Waals surface area contributed by atoms with Crippen molar-refractivity contribution in [2.24, 2.45) is 21.7 Å². The Balaban J connectivity index is 4.23. The van der Waals surface area contributed by atoms with Crippen molar-refractivity contribution >= 4 is 0 Å². The Hall–Kier alpha value is -0.560. The van der Waals surface area contributed by atoms with Gasteiger partial charge < -0.3 is 21.7 Å². The second-order valence-corrected chi connectivity index (χ2v) is 3.04. The minimum Gasteiger partial charge on any atom is -0.367 e. The van der Waals surface area contributed by atoms with Gasteiger partial charge in [0.1, 0.15) is 0 Å². The van der Waals surface area contributed by atoms with Crippen LogP contribution in [0.3, 0.4) is 0 Å². The highest BCUT2D eigenvalue weighted by molar-refractivity contribution is 4.72. The van der Waals surface area contributed by atoms with E-state index in [9.17, 15) is 10.2 Å². The Morgan fingerprint density at radius 3 is 1.42 bits per heavy atom. The van der Waals surface area contributed by atoms with Crippen molar-refractivity contribution in [1.29, 1.82) is 0 Å². The van der Waals surface area contributed by atoms with Crippen molar-refractivity contribution in [2.75, 3.05) is 13.1 Å². The zero-order valence-corrected chi connectivity index (χ0v) is 7.36. The molecule has 72 valence electrons. The van der Waals surface area contributed by atoms with E-state index < -0.39 is 11.4 Å². The third-order valence-corrected chi connectivity index (χ3v) is 1.25. The fraction of sp³-hybridized carbons (Fsp3) is 1.00. The molecule has 6 heteroatoms. The van der Waals surface area contributed by atoms with E-state index in [2.05, 4.69) is 10.2 Å². The van der Waals surface area contributed by atoms with Crippen LogP contribution in [0.15, 0.2) is 10.2 Å². The van der Waals surface area contributed by atoms with Crippen LogP contribution < -0.4 is 11.5 Å². The highest BCUT2D eigenvalue weighted by atomic mass is 16.3. The molecule has 0 aromatic rings. The maximum atomic E-state index is 9.24. The molecule has 0 aromatic carbocycles. The van der Waals surface area contributed by atoms with Gasteiger partial charge in [-0.15, -0.1) is 0 Å². The molecule has 6 nitrogen and oxygen atoms in total. The number of nitrogens with zero attached hydrogens (tertiary/aromatic N) is 2. The summed E-state index contributed by atoms with van der Waals surface area (Å²) in [6.07, 6.45) is 0. The van der Waals surface area contributed by atoms with Gasteiger partial charge in [0.25, 0.3) is 0 Å². The van der Waals surface area contributed by atoms with Gasteiger partial charge in [0.15, 0.2) is 11.4 Å². The molecule has 0 rings (SSSR count). The Morgan fingerprint density at radius 1 is 1.00 bits per heavy atom. The summed E-state index contributed by atoms with van der Waals surface area (Å²) in [5.74, 6) is 0. The van der Waals surface area contributed by atoms with Gasteiger partial charge in [-0.3, -0.25) is 0 Å². The van der Waals surface area contributed by atoms with E-state index in [4.69, 9.17) is 11.5 Å². The van der Waals surface area contributed by atoms with Crippen molar-refractivity contribution in [2.45, 2.75) is 25.3 Å². The highest BCUT2D eigenvalue weighted by Gasteiger charge is 2.21. The molecule has 0 saturated carbocycles. The third kappa shape index (κ3) is 4.35. The van der Waals surface area contributed by atoms with Crippen molar-refractivity contribution in [3.05, 3.63) is 0 Å². The molecule has 6 N–H and O–H groups in total. The lowest BCUT2D eigenvalue weighted by Gasteiger charge is -2.18. The standard InChI is InChI=1S/C6H16N4O2/c1-5(11,3-7)9-10-6(2,12)4-8/h11-12H,3-4,7-8H2,1-2H3. The van der Waals surface area contributed by atoms with Crippen LogP contribution in [-0.2, 0) is 0 Å². The fourth-order valence-electron chi connectivity index (χ4n) is 0.297. The first-order valence-corrected chi connectivity index (χ1v) is 3.62. The van der Waals surface area contributed by atoms with Gasteiger partial charge >= 0.3 is 0 Å². The first-order valence-electron chi connectivity index (χ1n) is 3.62. The molecule has 0 aliphatic rings. The predicted octanol–water partition coefficient (Wildman–Crippen LogP) is -1.23. The molecule has 0 radical (unpaired) electrons. The summed E-state index contributed by atoms with van der Waals surface area (Å²) in [7, 11) is 0. The maximum Gasteiger partial charge on any atom is 0.185 e. The van der Waals surface area contributed by atoms with Gasteiger partial charge in [0.05, 0.1) is 0 Å². The van der Waals surface area contributed by atoms with Gasteiger partial charge in [-0.1, -0.05) is 0 Å². The molecular weight excluding hydrogens is 160 g/mol. The van der Waals surface area contributed by atoms with E-state index >= 15 is 0 Å². The molecule has 0 fully saturated rings. The van der Waals surface area contributed by atoms with Crippen LogP contribution >= 0.6 is 0 Å². The Kier molecular flexibility index (Phi) is 3.72. The lowest BCUT2D eigenvalue weighted by molar-refractivity contribution is 0.0325. The molecule has 12 heavy (non-hydrogen) atoms.